The molecule has 0 amide bonds. The van der Waals surface area contributed by atoms with Crippen LogP contribution in [0.25, 0.3) is 0 Å². The lowest BCUT2D eigenvalue weighted by Gasteiger charge is -2.04. The third-order valence-corrected chi connectivity index (χ3v) is 3.39. The summed E-state index contributed by atoms with van der Waals surface area (Å²) in [5.74, 6) is 0.108. The van der Waals surface area contributed by atoms with Crippen molar-refractivity contribution < 1.29 is 0 Å². The van der Waals surface area contributed by atoms with E-state index in [4.69, 9.17) is 11.1 Å². The van der Waals surface area contributed by atoms with E-state index in [1.165, 1.54) is 10.5 Å². The second kappa shape index (κ2) is 5.06. The molecule has 2 nitrogen and oxygen atoms in total. The lowest BCUT2D eigenvalue weighted by atomic mass is 10.2. The number of hydrogen-bond acceptors (Lipinski definition) is 2. The molecule has 0 aliphatic carbocycles. The van der Waals surface area contributed by atoms with E-state index >= 15 is 0 Å². The van der Waals surface area contributed by atoms with Gasteiger partial charge in [0.25, 0.3) is 0 Å². The Bertz CT molecular complexity index is 532. The first-order valence-corrected chi connectivity index (χ1v) is 6.16. The molecule has 0 radical (unpaired) electrons. The summed E-state index contributed by atoms with van der Waals surface area (Å²) in [5, 5.41) is 7.33. The number of amidine groups is 1. The van der Waals surface area contributed by atoms with E-state index in [1.807, 2.05) is 24.3 Å². The molecule has 0 unspecified atom stereocenters. The predicted octanol–water partition coefficient (Wildman–Crippen LogP) is 3.43. The Morgan fingerprint density at radius 3 is 2.35 bits per heavy atom. The van der Waals surface area contributed by atoms with E-state index in [1.54, 1.807) is 11.8 Å². The van der Waals surface area contributed by atoms with Crippen molar-refractivity contribution >= 4 is 17.6 Å². The van der Waals surface area contributed by atoms with Crippen LogP contribution in [0.3, 0.4) is 0 Å². The minimum atomic E-state index is 0.108. The molecular weight excluding hydrogens is 228 g/mol. The van der Waals surface area contributed by atoms with E-state index in [-0.39, 0.29) is 5.84 Å². The van der Waals surface area contributed by atoms with Crippen LogP contribution in [-0.4, -0.2) is 5.84 Å². The Morgan fingerprint density at radius 1 is 1.06 bits per heavy atom. The fourth-order valence-corrected chi connectivity index (χ4v) is 2.45. The highest BCUT2D eigenvalue weighted by Crippen LogP contribution is 2.28. The summed E-state index contributed by atoms with van der Waals surface area (Å²) in [6.07, 6.45) is 0. The number of rotatable bonds is 3. The summed E-state index contributed by atoms with van der Waals surface area (Å²) < 4.78 is 0. The molecule has 0 atom stereocenters. The van der Waals surface area contributed by atoms with E-state index < -0.39 is 0 Å². The zero-order chi connectivity index (χ0) is 12.3. The first-order valence-electron chi connectivity index (χ1n) is 5.34. The first kappa shape index (κ1) is 11.7. The van der Waals surface area contributed by atoms with E-state index in [9.17, 15) is 0 Å². The maximum atomic E-state index is 7.33. The summed E-state index contributed by atoms with van der Waals surface area (Å²) in [4.78, 5) is 2.38. The largest absolute Gasteiger partial charge is 0.384 e. The standard InChI is InChI=1S/C14H14N2S/c1-10-3-2-4-13(9-10)17-12-7-5-11(6-8-12)14(15)16/h2-9H,1H3,(H3,15,16). The molecule has 0 heterocycles. The van der Waals surface area contributed by atoms with Crippen LogP contribution in [0.1, 0.15) is 11.1 Å². The molecule has 17 heavy (non-hydrogen) atoms. The number of nitrogens with one attached hydrogen (secondary N) is 1. The van der Waals surface area contributed by atoms with Crippen LogP contribution in [0, 0.1) is 12.3 Å². The van der Waals surface area contributed by atoms with Crippen molar-refractivity contribution in [2.75, 3.05) is 0 Å². The van der Waals surface area contributed by atoms with Gasteiger partial charge in [-0.1, -0.05) is 41.6 Å². The van der Waals surface area contributed by atoms with Gasteiger partial charge in [-0.25, -0.2) is 0 Å². The lowest BCUT2D eigenvalue weighted by Crippen LogP contribution is -2.10. The SMILES string of the molecule is Cc1cccc(Sc2ccc(C(=N)N)cc2)c1. The Balaban J connectivity index is 2.16. The van der Waals surface area contributed by atoms with Crippen LogP contribution in [0.4, 0.5) is 0 Å². The van der Waals surface area contributed by atoms with Crippen LogP contribution in [-0.2, 0) is 0 Å². The summed E-state index contributed by atoms with van der Waals surface area (Å²) >= 11 is 1.71. The molecule has 0 bridgehead atoms. The van der Waals surface area contributed by atoms with Gasteiger partial charge in [0.1, 0.15) is 5.84 Å². The maximum Gasteiger partial charge on any atom is 0.122 e. The van der Waals surface area contributed by atoms with Gasteiger partial charge in [0.15, 0.2) is 0 Å². The average Bonchev–Trinajstić information content (AvgIpc) is 2.29. The van der Waals surface area contributed by atoms with Crippen molar-refractivity contribution in [1.82, 2.24) is 0 Å². The second-order valence-corrected chi connectivity index (χ2v) is 5.00. The van der Waals surface area contributed by atoms with E-state index in [0.717, 1.165) is 10.5 Å². The van der Waals surface area contributed by atoms with Crippen LogP contribution in [0.15, 0.2) is 58.3 Å². The van der Waals surface area contributed by atoms with Gasteiger partial charge in [0.05, 0.1) is 0 Å². The van der Waals surface area contributed by atoms with Crippen LogP contribution < -0.4 is 5.73 Å². The smallest absolute Gasteiger partial charge is 0.122 e. The third-order valence-electron chi connectivity index (χ3n) is 2.39. The van der Waals surface area contributed by atoms with Crippen molar-refractivity contribution in [3.05, 3.63) is 59.7 Å². The highest BCUT2D eigenvalue weighted by atomic mass is 32.2. The fourth-order valence-electron chi connectivity index (χ4n) is 1.52. The van der Waals surface area contributed by atoms with Crippen molar-refractivity contribution in [3.63, 3.8) is 0 Å². The Hall–Kier alpha value is -1.74. The van der Waals surface area contributed by atoms with Crippen LogP contribution in [0.2, 0.25) is 0 Å². The highest BCUT2D eigenvalue weighted by molar-refractivity contribution is 7.99. The van der Waals surface area contributed by atoms with Gasteiger partial charge in [-0.05, 0) is 31.2 Å². The number of nitrogens with two attached hydrogens (primary N) is 1. The van der Waals surface area contributed by atoms with Gasteiger partial charge >= 0.3 is 0 Å². The molecule has 0 fully saturated rings. The van der Waals surface area contributed by atoms with Gasteiger partial charge in [-0.3, -0.25) is 5.41 Å². The van der Waals surface area contributed by atoms with Crippen LogP contribution >= 0.6 is 11.8 Å². The van der Waals surface area contributed by atoms with Gasteiger partial charge in [0, 0.05) is 15.4 Å². The zero-order valence-corrected chi connectivity index (χ0v) is 10.4. The molecule has 0 saturated heterocycles. The Morgan fingerprint density at radius 2 is 1.76 bits per heavy atom. The monoisotopic (exact) mass is 242 g/mol. The summed E-state index contributed by atoms with van der Waals surface area (Å²) in [6.45, 7) is 2.09. The third kappa shape index (κ3) is 3.11. The fraction of sp³-hybridized carbons (Fsp3) is 0.0714. The molecule has 2 aromatic carbocycles. The van der Waals surface area contributed by atoms with Crippen molar-refractivity contribution in [2.24, 2.45) is 5.73 Å². The molecule has 0 spiro atoms. The lowest BCUT2D eigenvalue weighted by molar-refractivity contribution is 1.34. The first-order chi connectivity index (χ1) is 8.15. The summed E-state index contributed by atoms with van der Waals surface area (Å²) in [7, 11) is 0. The van der Waals surface area contributed by atoms with Crippen molar-refractivity contribution in [1.29, 1.82) is 5.41 Å². The van der Waals surface area contributed by atoms with E-state index in [0.29, 0.717) is 0 Å². The molecule has 0 aliphatic heterocycles. The number of benzene rings is 2. The predicted molar refractivity (Wildman–Crippen MR) is 72.8 cm³/mol. The molecule has 2 aromatic rings. The minimum Gasteiger partial charge on any atom is -0.384 e. The Labute approximate surface area is 105 Å². The van der Waals surface area contributed by atoms with Gasteiger partial charge in [-0.15, -0.1) is 0 Å². The van der Waals surface area contributed by atoms with Gasteiger partial charge < -0.3 is 5.73 Å². The molecule has 3 heteroatoms. The number of aryl methyl sites for hydroxylation is 1. The minimum absolute atomic E-state index is 0.108. The molecule has 0 aliphatic rings. The molecule has 0 aromatic heterocycles. The average molecular weight is 242 g/mol. The normalized spacial score (nSPS) is 10.2. The molecule has 3 N–H and O–H groups in total. The topological polar surface area (TPSA) is 49.9 Å². The Kier molecular flexibility index (Phi) is 3.49. The summed E-state index contributed by atoms with van der Waals surface area (Å²) in [6, 6.07) is 16.1. The number of hydrogen-bond donors (Lipinski definition) is 2. The van der Waals surface area contributed by atoms with Gasteiger partial charge in [0.2, 0.25) is 0 Å². The maximum absolute atomic E-state index is 7.33. The number of nitrogen functional groups attached to an aromatic ring is 1. The summed E-state index contributed by atoms with van der Waals surface area (Å²) in [5.41, 5.74) is 7.43. The van der Waals surface area contributed by atoms with Crippen molar-refractivity contribution in [3.8, 4) is 0 Å². The molecular formula is C14H14N2S. The van der Waals surface area contributed by atoms with Crippen molar-refractivity contribution in [2.45, 2.75) is 16.7 Å². The highest BCUT2D eigenvalue weighted by Gasteiger charge is 1.99. The molecule has 2 rings (SSSR count). The van der Waals surface area contributed by atoms with Gasteiger partial charge in [-0.2, -0.15) is 0 Å². The zero-order valence-electron chi connectivity index (χ0n) is 9.60. The molecule has 86 valence electrons. The molecule has 0 saturated carbocycles. The van der Waals surface area contributed by atoms with E-state index in [2.05, 4.69) is 31.2 Å². The van der Waals surface area contributed by atoms with Crippen LogP contribution in [0.5, 0.6) is 0 Å². The quantitative estimate of drug-likeness (QED) is 0.640. The second-order valence-electron chi connectivity index (χ2n) is 3.86.